The molecular weight excluding hydrogens is 430 g/mol. The normalized spacial score (nSPS) is 22.8. The van der Waals surface area contributed by atoms with Gasteiger partial charge in [0, 0.05) is 38.2 Å². The van der Waals surface area contributed by atoms with Gasteiger partial charge in [0.15, 0.2) is 0 Å². The molecule has 1 atom stereocenters. The quantitative estimate of drug-likeness (QED) is 0.684. The molecule has 3 aliphatic rings. The number of rotatable bonds is 3. The highest BCUT2D eigenvalue weighted by Gasteiger charge is 2.35. The van der Waals surface area contributed by atoms with E-state index in [-0.39, 0.29) is 12.2 Å². The first kappa shape index (κ1) is 23.0. The first-order valence-corrected chi connectivity index (χ1v) is 13.1. The number of nitrogens with zero attached hydrogens (tertiary/aromatic N) is 3. The molecule has 176 valence electrons. The van der Waals surface area contributed by atoms with E-state index in [0.717, 1.165) is 41.8 Å². The van der Waals surface area contributed by atoms with Gasteiger partial charge in [0.1, 0.15) is 17.5 Å². The van der Waals surface area contributed by atoms with Gasteiger partial charge in [0.25, 0.3) is 0 Å². The second-order valence-electron chi connectivity index (χ2n) is 9.94. The Hall–Kier alpha value is -2.13. The van der Waals surface area contributed by atoms with E-state index >= 15 is 0 Å². The molecule has 1 unspecified atom stereocenters. The predicted molar refractivity (Wildman–Crippen MR) is 122 cm³/mol. The van der Waals surface area contributed by atoms with Crippen LogP contribution in [-0.2, 0) is 21.2 Å². The molecule has 0 radical (unpaired) electrons. The molecule has 1 amide bonds. The van der Waals surface area contributed by atoms with Crippen molar-refractivity contribution >= 4 is 21.7 Å². The van der Waals surface area contributed by atoms with Gasteiger partial charge in [-0.15, -0.1) is 0 Å². The average molecular weight is 464 g/mol. The summed E-state index contributed by atoms with van der Waals surface area (Å²) in [6.07, 6.45) is 8.14. The third-order valence-electron chi connectivity index (χ3n) is 6.33. The molecule has 0 bridgehead atoms. The van der Waals surface area contributed by atoms with Crippen LogP contribution in [-0.4, -0.2) is 72.8 Å². The van der Waals surface area contributed by atoms with Crippen molar-refractivity contribution in [2.45, 2.75) is 58.2 Å². The van der Waals surface area contributed by atoms with Crippen molar-refractivity contribution in [3.63, 3.8) is 0 Å². The van der Waals surface area contributed by atoms with Crippen molar-refractivity contribution < 1.29 is 22.7 Å². The summed E-state index contributed by atoms with van der Waals surface area (Å²) in [7, 11) is -3.16. The molecule has 1 saturated heterocycles. The average Bonchev–Trinajstić information content (AvgIpc) is 3.15. The van der Waals surface area contributed by atoms with Gasteiger partial charge >= 0.3 is 6.09 Å². The number of carbonyl (C=O) groups excluding carboxylic acids is 1. The van der Waals surface area contributed by atoms with Crippen LogP contribution in [0.1, 0.15) is 51.3 Å². The molecule has 1 aromatic heterocycles. The number of fused-ring (bicyclic) bond motifs is 1. The molecule has 4 rings (SSSR count). The fourth-order valence-electron chi connectivity index (χ4n) is 4.57. The monoisotopic (exact) mass is 463 g/mol. The summed E-state index contributed by atoms with van der Waals surface area (Å²) in [5, 5.41) is 0. The van der Waals surface area contributed by atoms with Crippen LogP contribution in [0.25, 0.3) is 5.57 Å². The maximum atomic E-state index is 12.3. The van der Waals surface area contributed by atoms with Gasteiger partial charge < -0.3 is 14.4 Å². The first-order valence-electron chi connectivity index (χ1n) is 11.3. The molecule has 8 nitrogen and oxygen atoms in total. The van der Waals surface area contributed by atoms with Crippen LogP contribution in [0.4, 0.5) is 4.79 Å². The van der Waals surface area contributed by atoms with Crippen molar-refractivity contribution in [2.75, 3.05) is 32.4 Å². The number of amides is 1. The summed E-state index contributed by atoms with van der Waals surface area (Å²) in [5.41, 5.74) is 2.66. The van der Waals surface area contributed by atoms with Gasteiger partial charge in [-0.25, -0.2) is 13.2 Å². The largest absolute Gasteiger partial charge is 0.488 e. The minimum Gasteiger partial charge on any atom is -0.488 e. The SMILES string of the molecule is CC(C)(C)OC(=O)N1CCC(C2Cc3cc(C4=CCN(S(C)(=O)=O)CC4)ncc3O2)CC1. The Bertz CT molecular complexity index is 1010. The number of carbonyl (C=O) groups is 1. The van der Waals surface area contributed by atoms with Crippen molar-refractivity contribution in [1.82, 2.24) is 14.2 Å². The Balaban J connectivity index is 1.34. The number of sulfonamides is 1. The van der Waals surface area contributed by atoms with Gasteiger partial charge in [-0.05, 0) is 57.6 Å². The standard InChI is InChI=1S/C23H33N3O5S/c1-23(2,3)31-22(27)25-9-5-17(6-10-25)20-14-18-13-19(24-15-21(18)30-20)16-7-11-26(12-8-16)32(4,28)29/h7,13,15,17,20H,5-6,8-12,14H2,1-4H3. The highest BCUT2D eigenvalue weighted by molar-refractivity contribution is 7.88. The van der Waals surface area contributed by atoms with Gasteiger partial charge in [-0.2, -0.15) is 4.31 Å². The Morgan fingerprint density at radius 3 is 2.53 bits per heavy atom. The summed E-state index contributed by atoms with van der Waals surface area (Å²) in [6.45, 7) is 7.89. The van der Waals surface area contributed by atoms with Crippen molar-refractivity contribution in [2.24, 2.45) is 5.92 Å². The maximum Gasteiger partial charge on any atom is 0.410 e. The second-order valence-corrected chi connectivity index (χ2v) is 11.9. The van der Waals surface area contributed by atoms with Gasteiger partial charge in [-0.3, -0.25) is 4.98 Å². The number of aromatic nitrogens is 1. The Morgan fingerprint density at radius 2 is 1.94 bits per heavy atom. The predicted octanol–water partition coefficient (Wildman–Crippen LogP) is 3.08. The highest BCUT2D eigenvalue weighted by Crippen LogP contribution is 2.36. The van der Waals surface area contributed by atoms with E-state index in [1.165, 1.54) is 10.6 Å². The second kappa shape index (κ2) is 8.67. The summed E-state index contributed by atoms with van der Waals surface area (Å²) >= 11 is 0. The minimum atomic E-state index is -3.16. The fraction of sp³-hybridized carbons (Fsp3) is 0.652. The fourth-order valence-corrected chi connectivity index (χ4v) is 5.34. The first-order chi connectivity index (χ1) is 15.0. The van der Waals surface area contributed by atoms with Crippen LogP contribution in [0, 0.1) is 5.92 Å². The lowest BCUT2D eigenvalue weighted by molar-refractivity contribution is 0.0123. The van der Waals surface area contributed by atoms with E-state index in [9.17, 15) is 13.2 Å². The molecule has 0 aliphatic carbocycles. The van der Waals surface area contributed by atoms with E-state index < -0.39 is 15.6 Å². The van der Waals surface area contributed by atoms with Crippen molar-refractivity contribution in [1.29, 1.82) is 0 Å². The maximum absolute atomic E-state index is 12.3. The van der Waals surface area contributed by atoms with Gasteiger partial charge in [0.2, 0.25) is 10.0 Å². The Kier molecular flexibility index (Phi) is 6.24. The molecule has 0 aromatic carbocycles. The molecule has 32 heavy (non-hydrogen) atoms. The third kappa shape index (κ3) is 5.26. The zero-order chi connectivity index (χ0) is 23.1. The van der Waals surface area contributed by atoms with Crippen LogP contribution in [0.2, 0.25) is 0 Å². The number of hydrogen-bond donors (Lipinski definition) is 0. The molecule has 1 aromatic rings. The van der Waals surface area contributed by atoms with Crippen LogP contribution in [0.5, 0.6) is 5.75 Å². The lowest BCUT2D eigenvalue weighted by Gasteiger charge is -2.35. The summed E-state index contributed by atoms with van der Waals surface area (Å²) in [5.74, 6) is 1.23. The number of likely N-dealkylation sites (tertiary alicyclic amines) is 1. The molecular formula is C23H33N3O5S. The van der Waals surface area contributed by atoms with Crippen LogP contribution < -0.4 is 4.74 Å². The lowest BCUT2D eigenvalue weighted by atomic mass is 9.89. The molecule has 0 N–H and O–H groups in total. The summed E-state index contributed by atoms with van der Waals surface area (Å²) < 4.78 is 36.6. The summed E-state index contributed by atoms with van der Waals surface area (Å²) in [6, 6.07) is 2.09. The number of hydrogen-bond acceptors (Lipinski definition) is 6. The Labute approximate surface area is 190 Å². The lowest BCUT2D eigenvalue weighted by Crippen LogP contribution is -2.44. The van der Waals surface area contributed by atoms with Crippen molar-refractivity contribution in [3.05, 3.63) is 29.6 Å². The Morgan fingerprint density at radius 1 is 1.22 bits per heavy atom. The number of piperidine rings is 1. The number of ether oxygens (including phenoxy) is 2. The molecule has 4 heterocycles. The zero-order valence-electron chi connectivity index (χ0n) is 19.3. The zero-order valence-corrected chi connectivity index (χ0v) is 20.2. The smallest absolute Gasteiger partial charge is 0.410 e. The van der Waals surface area contributed by atoms with Crippen LogP contribution >= 0.6 is 0 Å². The van der Waals surface area contributed by atoms with Crippen LogP contribution in [0.15, 0.2) is 18.3 Å². The van der Waals surface area contributed by atoms with E-state index in [4.69, 9.17) is 9.47 Å². The van der Waals surface area contributed by atoms with E-state index in [1.807, 2.05) is 26.8 Å². The van der Waals surface area contributed by atoms with E-state index in [1.54, 1.807) is 11.1 Å². The molecule has 9 heteroatoms. The van der Waals surface area contributed by atoms with Crippen molar-refractivity contribution in [3.8, 4) is 5.75 Å². The van der Waals surface area contributed by atoms with Crippen LogP contribution in [0.3, 0.4) is 0 Å². The molecule has 3 aliphatic heterocycles. The molecule has 1 fully saturated rings. The van der Waals surface area contributed by atoms with E-state index in [2.05, 4.69) is 11.1 Å². The minimum absolute atomic E-state index is 0.101. The third-order valence-corrected chi connectivity index (χ3v) is 7.60. The number of pyridine rings is 1. The van der Waals surface area contributed by atoms with E-state index in [0.29, 0.717) is 38.5 Å². The topological polar surface area (TPSA) is 89.0 Å². The highest BCUT2D eigenvalue weighted by atomic mass is 32.2. The molecule has 0 saturated carbocycles. The summed E-state index contributed by atoms with van der Waals surface area (Å²) in [4.78, 5) is 18.7. The van der Waals surface area contributed by atoms with Gasteiger partial charge in [-0.1, -0.05) is 6.08 Å². The molecule has 0 spiro atoms. The van der Waals surface area contributed by atoms with Gasteiger partial charge in [0.05, 0.1) is 18.1 Å².